The van der Waals surface area contributed by atoms with Gasteiger partial charge in [-0.25, -0.2) is 0 Å². The third-order valence-electron chi connectivity index (χ3n) is 1.39. The fourth-order valence-electron chi connectivity index (χ4n) is 0.964. The molecule has 0 radical (unpaired) electrons. The van der Waals surface area contributed by atoms with Gasteiger partial charge in [-0.1, -0.05) is 18.2 Å². The summed E-state index contributed by atoms with van der Waals surface area (Å²) in [6.45, 7) is 5.11. The Bertz CT molecular complexity index is 387. The molecule has 1 aromatic rings. The molecule has 0 unspecified atom stereocenters. The average Bonchev–Trinajstić information content (AvgIpc) is 2.01. The van der Waals surface area contributed by atoms with Crippen LogP contribution in [-0.2, 0) is 14.3 Å². The van der Waals surface area contributed by atoms with Crippen molar-refractivity contribution < 1.29 is 12.6 Å². The van der Waals surface area contributed by atoms with Gasteiger partial charge < -0.3 is 0 Å². The Kier molecular flexibility index (Phi) is 2.97. The molecule has 0 aliphatic carbocycles. The van der Waals surface area contributed by atoms with Gasteiger partial charge in [-0.15, -0.1) is 0 Å². The second kappa shape index (κ2) is 3.71. The molecular formula is C10H14O3S. The summed E-state index contributed by atoms with van der Waals surface area (Å²) in [6.07, 6.45) is 0. The number of rotatable bonds is 2. The van der Waals surface area contributed by atoms with Crippen molar-refractivity contribution in [1.29, 1.82) is 0 Å². The van der Waals surface area contributed by atoms with Gasteiger partial charge in [0.05, 0.1) is 10.5 Å². The maximum atomic E-state index is 11.6. The molecule has 1 aromatic carbocycles. The quantitative estimate of drug-likeness (QED) is 0.709. The molecule has 4 heteroatoms. The Morgan fingerprint density at radius 2 is 1.57 bits per heavy atom. The van der Waals surface area contributed by atoms with E-state index in [2.05, 4.69) is 0 Å². The zero-order chi connectivity index (χ0) is 10.8. The topological polar surface area (TPSA) is 43.4 Å². The first-order valence-electron chi connectivity index (χ1n) is 4.32. The van der Waals surface area contributed by atoms with Gasteiger partial charge >= 0.3 is 0 Å². The fraction of sp³-hybridized carbons (Fsp3) is 0.400. The maximum absolute atomic E-state index is 11.6. The third kappa shape index (κ3) is 3.12. The molecule has 1 rings (SSSR count). The predicted molar refractivity (Wildman–Crippen MR) is 54.5 cm³/mol. The van der Waals surface area contributed by atoms with E-state index in [1.165, 1.54) is 12.1 Å². The molecule has 0 spiro atoms. The van der Waals surface area contributed by atoms with Crippen LogP contribution < -0.4 is 0 Å². The van der Waals surface area contributed by atoms with Crippen LogP contribution in [0.3, 0.4) is 0 Å². The van der Waals surface area contributed by atoms with Crippen molar-refractivity contribution in [3.8, 4) is 0 Å². The van der Waals surface area contributed by atoms with Crippen molar-refractivity contribution in [2.75, 3.05) is 0 Å². The van der Waals surface area contributed by atoms with Gasteiger partial charge in [-0.2, -0.15) is 8.42 Å². The van der Waals surface area contributed by atoms with E-state index in [0.717, 1.165) is 0 Å². The second-order valence-electron chi connectivity index (χ2n) is 3.96. The zero-order valence-corrected chi connectivity index (χ0v) is 9.34. The van der Waals surface area contributed by atoms with E-state index < -0.39 is 15.7 Å². The molecule has 0 saturated carbocycles. The average molecular weight is 214 g/mol. The molecule has 0 heterocycles. The normalized spacial score (nSPS) is 12.8. The molecule has 0 aliphatic heterocycles. The second-order valence-corrected chi connectivity index (χ2v) is 5.51. The van der Waals surface area contributed by atoms with Gasteiger partial charge in [0.1, 0.15) is 0 Å². The molecule has 0 amide bonds. The molecule has 0 aromatic heterocycles. The summed E-state index contributed by atoms with van der Waals surface area (Å²) >= 11 is 0. The van der Waals surface area contributed by atoms with Crippen LogP contribution >= 0.6 is 0 Å². The highest BCUT2D eigenvalue weighted by atomic mass is 32.2. The minimum Gasteiger partial charge on any atom is -0.261 e. The van der Waals surface area contributed by atoms with E-state index in [0.29, 0.717) is 0 Å². The highest BCUT2D eigenvalue weighted by Gasteiger charge is 2.23. The third-order valence-corrected chi connectivity index (χ3v) is 2.96. The summed E-state index contributed by atoms with van der Waals surface area (Å²) in [6, 6.07) is 8.12. The van der Waals surface area contributed by atoms with E-state index in [1.54, 1.807) is 39.0 Å². The zero-order valence-electron chi connectivity index (χ0n) is 8.52. The van der Waals surface area contributed by atoms with Crippen molar-refractivity contribution in [2.45, 2.75) is 31.3 Å². The summed E-state index contributed by atoms with van der Waals surface area (Å²) in [5, 5.41) is 0. The van der Waals surface area contributed by atoms with Gasteiger partial charge in [0.2, 0.25) is 0 Å². The minimum atomic E-state index is -3.62. The van der Waals surface area contributed by atoms with Gasteiger partial charge in [0, 0.05) is 0 Å². The van der Waals surface area contributed by atoms with E-state index in [1.807, 2.05) is 0 Å². The highest BCUT2D eigenvalue weighted by molar-refractivity contribution is 7.86. The monoisotopic (exact) mass is 214 g/mol. The Morgan fingerprint density at radius 1 is 1.07 bits per heavy atom. The Labute approximate surface area is 84.8 Å². The first-order valence-corrected chi connectivity index (χ1v) is 5.73. The van der Waals surface area contributed by atoms with Crippen LogP contribution in [0.4, 0.5) is 0 Å². The minimum absolute atomic E-state index is 0.190. The molecule has 78 valence electrons. The van der Waals surface area contributed by atoms with E-state index in [4.69, 9.17) is 4.18 Å². The Morgan fingerprint density at radius 3 is 2.00 bits per heavy atom. The van der Waals surface area contributed by atoms with Crippen LogP contribution in [0.1, 0.15) is 20.8 Å². The van der Waals surface area contributed by atoms with E-state index in [9.17, 15) is 8.42 Å². The van der Waals surface area contributed by atoms with Crippen molar-refractivity contribution in [3.05, 3.63) is 30.3 Å². The lowest BCUT2D eigenvalue weighted by Gasteiger charge is -2.18. The van der Waals surface area contributed by atoms with E-state index in [-0.39, 0.29) is 4.90 Å². The summed E-state index contributed by atoms with van der Waals surface area (Å²) in [4.78, 5) is 0.190. The van der Waals surface area contributed by atoms with Crippen LogP contribution in [0.25, 0.3) is 0 Å². The largest absolute Gasteiger partial charge is 0.297 e. The molecule has 0 atom stereocenters. The first kappa shape index (κ1) is 11.2. The standard InChI is InChI=1S/C10H14O3S/c1-10(2,3)13-14(11,12)9-7-5-4-6-8-9/h4-8H,1-3H3. The summed E-state index contributed by atoms with van der Waals surface area (Å²) in [5.74, 6) is 0. The highest BCUT2D eigenvalue weighted by Crippen LogP contribution is 2.18. The predicted octanol–water partition coefficient (Wildman–Crippen LogP) is 2.19. The number of benzene rings is 1. The summed E-state index contributed by atoms with van der Waals surface area (Å²) < 4.78 is 28.2. The molecule has 14 heavy (non-hydrogen) atoms. The lowest BCUT2D eigenvalue weighted by atomic mass is 10.2. The molecular weight excluding hydrogens is 200 g/mol. The van der Waals surface area contributed by atoms with Crippen molar-refractivity contribution in [1.82, 2.24) is 0 Å². The lowest BCUT2D eigenvalue weighted by molar-refractivity contribution is 0.139. The van der Waals surface area contributed by atoms with Gasteiger partial charge in [-0.05, 0) is 32.9 Å². The number of hydrogen-bond acceptors (Lipinski definition) is 3. The fourth-order valence-corrected chi connectivity index (χ4v) is 2.21. The van der Waals surface area contributed by atoms with Crippen LogP contribution in [-0.4, -0.2) is 14.0 Å². The molecule has 0 saturated heterocycles. The van der Waals surface area contributed by atoms with Crippen molar-refractivity contribution >= 4 is 10.1 Å². The Balaban J connectivity index is 2.99. The van der Waals surface area contributed by atoms with Crippen molar-refractivity contribution in [2.24, 2.45) is 0 Å². The maximum Gasteiger partial charge on any atom is 0.297 e. The van der Waals surface area contributed by atoms with E-state index >= 15 is 0 Å². The van der Waals surface area contributed by atoms with Gasteiger partial charge in [0.15, 0.2) is 0 Å². The molecule has 0 aliphatic rings. The summed E-state index contributed by atoms with van der Waals surface area (Å²) in [7, 11) is -3.62. The van der Waals surface area contributed by atoms with Gasteiger partial charge in [0.25, 0.3) is 10.1 Å². The first-order chi connectivity index (χ1) is 6.31. The van der Waals surface area contributed by atoms with Crippen LogP contribution in [0, 0.1) is 0 Å². The summed E-state index contributed by atoms with van der Waals surface area (Å²) in [5.41, 5.74) is -0.700. The molecule has 3 nitrogen and oxygen atoms in total. The molecule has 0 N–H and O–H groups in total. The molecule has 0 fully saturated rings. The van der Waals surface area contributed by atoms with Crippen LogP contribution in [0.5, 0.6) is 0 Å². The number of hydrogen-bond donors (Lipinski definition) is 0. The SMILES string of the molecule is CC(C)(C)OS(=O)(=O)c1ccccc1. The van der Waals surface area contributed by atoms with Gasteiger partial charge in [-0.3, -0.25) is 4.18 Å². The smallest absolute Gasteiger partial charge is 0.261 e. The lowest BCUT2D eigenvalue weighted by Crippen LogP contribution is -2.24. The van der Waals surface area contributed by atoms with Crippen molar-refractivity contribution in [3.63, 3.8) is 0 Å². The molecule has 0 bridgehead atoms. The van der Waals surface area contributed by atoms with Crippen LogP contribution in [0.15, 0.2) is 35.2 Å². The van der Waals surface area contributed by atoms with Crippen LogP contribution in [0.2, 0.25) is 0 Å². The Hall–Kier alpha value is -0.870.